The van der Waals surface area contributed by atoms with Crippen LogP contribution in [0.5, 0.6) is 11.6 Å². The van der Waals surface area contributed by atoms with E-state index < -0.39 is 0 Å². The zero-order valence-corrected chi connectivity index (χ0v) is 14.7. The van der Waals surface area contributed by atoms with Crippen LogP contribution in [0.3, 0.4) is 0 Å². The van der Waals surface area contributed by atoms with E-state index in [4.69, 9.17) is 4.74 Å². The predicted molar refractivity (Wildman–Crippen MR) is 103 cm³/mol. The topological polar surface area (TPSA) is 35.0 Å². The highest BCUT2D eigenvalue weighted by atomic mass is 32.1. The molecule has 4 aromatic rings. The van der Waals surface area contributed by atoms with Crippen LogP contribution in [0.4, 0.5) is 0 Å². The summed E-state index contributed by atoms with van der Waals surface area (Å²) < 4.78 is 6.33. The zero-order chi connectivity index (χ0) is 16.6. The van der Waals surface area contributed by atoms with Gasteiger partial charge in [-0.25, -0.2) is 9.97 Å². The highest BCUT2D eigenvalue weighted by Crippen LogP contribution is 2.40. The molecule has 0 fully saturated rings. The molecule has 0 saturated carbocycles. The molecule has 4 heteroatoms. The molecule has 0 bridgehead atoms. The maximum Gasteiger partial charge on any atom is 0.231 e. The first-order valence-corrected chi connectivity index (χ1v) is 9.63. The van der Waals surface area contributed by atoms with E-state index >= 15 is 0 Å². The molecule has 0 saturated heterocycles. The van der Waals surface area contributed by atoms with Gasteiger partial charge in [0, 0.05) is 10.3 Å². The van der Waals surface area contributed by atoms with E-state index in [1.165, 1.54) is 35.1 Å². The minimum atomic E-state index is 0.695. The van der Waals surface area contributed by atoms with Gasteiger partial charge < -0.3 is 4.74 Å². The molecule has 1 aliphatic rings. The van der Waals surface area contributed by atoms with Crippen LogP contribution in [0.2, 0.25) is 0 Å². The van der Waals surface area contributed by atoms with Crippen LogP contribution < -0.4 is 4.74 Å². The number of ether oxygens (including phenoxy) is 1. The van der Waals surface area contributed by atoms with E-state index in [1.54, 1.807) is 6.33 Å². The largest absolute Gasteiger partial charge is 0.438 e. The van der Waals surface area contributed by atoms with Crippen LogP contribution in [0.1, 0.15) is 29.7 Å². The van der Waals surface area contributed by atoms with Crippen molar-refractivity contribution in [1.29, 1.82) is 0 Å². The molecule has 0 atom stereocenters. The Morgan fingerprint density at radius 2 is 1.76 bits per heavy atom. The van der Waals surface area contributed by atoms with Gasteiger partial charge in [0.1, 0.15) is 16.9 Å². The molecule has 0 aliphatic heterocycles. The van der Waals surface area contributed by atoms with Gasteiger partial charge in [-0.15, -0.1) is 11.3 Å². The third-order valence-electron chi connectivity index (χ3n) is 4.92. The number of aromatic nitrogens is 2. The van der Waals surface area contributed by atoms with Crippen molar-refractivity contribution in [3.8, 4) is 11.6 Å². The Kier molecular flexibility index (Phi) is 3.63. The Labute approximate surface area is 150 Å². The van der Waals surface area contributed by atoms with E-state index in [2.05, 4.69) is 28.2 Å². The normalized spacial score (nSPS) is 14.4. The van der Waals surface area contributed by atoms with E-state index in [0.717, 1.165) is 34.2 Å². The first kappa shape index (κ1) is 14.8. The lowest BCUT2D eigenvalue weighted by molar-refractivity contribution is 0.473. The standard InChI is InChI=1S/C21H18N2OS/c1-2-10-16-18(12-3-1)25-21-19(16)20(22-13-23-21)24-17-11-6-8-14-7-4-5-9-15(14)17/h4-9,11,13H,1-3,10,12H2. The monoisotopic (exact) mass is 346 g/mol. The van der Waals surface area contributed by atoms with Crippen molar-refractivity contribution >= 4 is 32.3 Å². The van der Waals surface area contributed by atoms with E-state index in [1.807, 2.05) is 35.6 Å². The lowest BCUT2D eigenvalue weighted by atomic mass is 10.1. The smallest absolute Gasteiger partial charge is 0.231 e. The highest BCUT2D eigenvalue weighted by molar-refractivity contribution is 7.18. The fourth-order valence-corrected chi connectivity index (χ4v) is 4.92. The molecule has 2 aromatic heterocycles. The molecule has 0 unspecified atom stereocenters. The summed E-state index contributed by atoms with van der Waals surface area (Å²) in [5.41, 5.74) is 1.41. The van der Waals surface area contributed by atoms with Crippen LogP contribution in [-0.4, -0.2) is 9.97 Å². The fourth-order valence-electron chi connectivity index (χ4n) is 3.70. The first-order valence-electron chi connectivity index (χ1n) is 8.81. The average Bonchev–Trinajstić information content (AvgIpc) is 2.85. The molecule has 124 valence electrons. The van der Waals surface area contributed by atoms with Crippen LogP contribution in [-0.2, 0) is 12.8 Å². The summed E-state index contributed by atoms with van der Waals surface area (Å²) in [4.78, 5) is 11.5. The molecule has 0 amide bonds. The molecule has 2 aromatic carbocycles. The van der Waals surface area contributed by atoms with Gasteiger partial charge in [0.25, 0.3) is 0 Å². The predicted octanol–water partition coefficient (Wildman–Crippen LogP) is 5.91. The number of fused-ring (bicyclic) bond motifs is 4. The molecule has 0 spiro atoms. The summed E-state index contributed by atoms with van der Waals surface area (Å²) in [7, 11) is 0. The molecule has 0 N–H and O–H groups in total. The summed E-state index contributed by atoms with van der Waals surface area (Å²) in [5.74, 6) is 1.55. The summed E-state index contributed by atoms with van der Waals surface area (Å²) in [5, 5.41) is 3.41. The number of aryl methyl sites for hydroxylation is 2. The van der Waals surface area contributed by atoms with Gasteiger partial charge in [-0.3, -0.25) is 0 Å². The second-order valence-electron chi connectivity index (χ2n) is 6.50. The van der Waals surface area contributed by atoms with Crippen molar-refractivity contribution in [2.24, 2.45) is 0 Å². The van der Waals surface area contributed by atoms with E-state index in [-0.39, 0.29) is 0 Å². The van der Waals surface area contributed by atoms with E-state index in [9.17, 15) is 0 Å². The summed E-state index contributed by atoms with van der Waals surface area (Å²) in [6.45, 7) is 0. The quantitative estimate of drug-likeness (QED) is 0.423. The number of nitrogens with zero attached hydrogens (tertiary/aromatic N) is 2. The summed E-state index contributed by atoms with van der Waals surface area (Å²) in [6, 6.07) is 14.4. The molecular weight excluding hydrogens is 328 g/mol. The maximum absolute atomic E-state index is 6.33. The van der Waals surface area contributed by atoms with Gasteiger partial charge in [0.2, 0.25) is 5.88 Å². The maximum atomic E-state index is 6.33. The molecule has 2 heterocycles. The molecule has 0 radical (unpaired) electrons. The van der Waals surface area contributed by atoms with Gasteiger partial charge >= 0.3 is 0 Å². The fraction of sp³-hybridized carbons (Fsp3) is 0.238. The number of thiophene rings is 1. The minimum Gasteiger partial charge on any atom is -0.438 e. The van der Waals surface area contributed by atoms with Gasteiger partial charge in [-0.1, -0.05) is 42.8 Å². The lowest BCUT2D eigenvalue weighted by Crippen LogP contribution is -1.93. The molecular formula is C21H18N2OS. The molecule has 5 rings (SSSR count). The molecule has 1 aliphatic carbocycles. The van der Waals surface area contributed by atoms with Crippen molar-refractivity contribution in [3.05, 3.63) is 59.2 Å². The second-order valence-corrected chi connectivity index (χ2v) is 7.59. The Morgan fingerprint density at radius 3 is 2.76 bits per heavy atom. The lowest BCUT2D eigenvalue weighted by Gasteiger charge is -2.10. The summed E-state index contributed by atoms with van der Waals surface area (Å²) >= 11 is 1.81. The average molecular weight is 346 g/mol. The van der Waals surface area contributed by atoms with Gasteiger partial charge in [-0.2, -0.15) is 0 Å². The van der Waals surface area contributed by atoms with Crippen molar-refractivity contribution in [3.63, 3.8) is 0 Å². The van der Waals surface area contributed by atoms with Gasteiger partial charge in [-0.05, 0) is 42.7 Å². The van der Waals surface area contributed by atoms with Crippen molar-refractivity contribution in [1.82, 2.24) is 9.97 Å². The van der Waals surface area contributed by atoms with Crippen molar-refractivity contribution < 1.29 is 4.74 Å². The number of benzene rings is 2. The van der Waals surface area contributed by atoms with E-state index in [0.29, 0.717) is 5.88 Å². The Morgan fingerprint density at radius 1 is 0.880 bits per heavy atom. The number of hydrogen-bond acceptors (Lipinski definition) is 4. The molecule has 25 heavy (non-hydrogen) atoms. The van der Waals surface area contributed by atoms with Gasteiger partial charge in [0.15, 0.2) is 0 Å². The Balaban J connectivity index is 1.66. The summed E-state index contributed by atoms with van der Waals surface area (Å²) in [6.07, 6.45) is 7.70. The first-order chi connectivity index (χ1) is 12.4. The third kappa shape index (κ3) is 2.57. The van der Waals surface area contributed by atoms with Crippen LogP contribution in [0.15, 0.2) is 48.8 Å². The van der Waals surface area contributed by atoms with Crippen LogP contribution >= 0.6 is 11.3 Å². The second kappa shape index (κ2) is 6.12. The Hall–Kier alpha value is -2.46. The van der Waals surface area contributed by atoms with Gasteiger partial charge in [0.05, 0.1) is 5.39 Å². The number of rotatable bonds is 2. The van der Waals surface area contributed by atoms with Crippen molar-refractivity contribution in [2.45, 2.75) is 32.1 Å². The van der Waals surface area contributed by atoms with Crippen LogP contribution in [0, 0.1) is 0 Å². The number of hydrogen-bond donors (Lipinski definition) is 0. The highest BCUT2D eigenvalue weighted by Gasteiger charge is 2.20. The Bertz CT molecular complexity index is 1060. The molecule has 3 nitrogen and oxygen atoms in total. The minimum absolute atomic E-state index is 0.695. The third-order valence-corrected chi connectivity index (χ3v) is 6.12. The SMILES string of the molecule is c1ccc2c(Oc3ncnc4sc5c(c34)CCCCC5)cccc2c1. The zero-order valence-electron chi connectivity index (χ0n) is 13.9. The van der Waals surface area contributed by atoms with Crippen molar-refractivity contribution in [2.75, 3.05) is 0 Å². The van der Waals surface area contributed by atoms with Crippen LogP contribution in [0.25, 0.3) is 21.0 Å².